The number of nitrogens with zero attached hydrogens (tertiary/aromatic N) is 3. The van der Waals surface area contributed by atoms with Crippen molar-refractivity contribution < 1.29 is 4.74 Å². The Balaban J connectivity index is 1.80. The van der Waals surface area contributed by atoms with E-state index >= 15 is 0 Å². The average molecular weight is 342 g/mol. The Kier molecular flexibility index (Phi) is 4.77. The Morgan fingerprint density at radius 2 is 1.92 bits per heavy atom. The van der Waals surface area contributed by atoms with Gasteiger partial charge in [0.15, 0.2) is 5.82 Å². The normalized spacial score (nSPS) is 10.3. The number of ether oxygens (including phenoxy) is 1. The highest BCUT2D eigenvalue weighted by molar-refractivity contribution is 6.31. The van der Waals surface area contributed by atoms with E-state index in [0.29, 0.717) is 16.8 Å². The van der Waals surface area contributed by atoms with Crippen LogP contribution in [0.4, 0.5) is 23.1 Å². The minimum atomic E-state index is 0.383. The van der Waals surface area contributed by atoms with Gasteiger partial charge in [-0.15, -0.1) is 5.10 Å². The monoisotopic (exact) mass is 341 g/mol. The molecule has 0 amide bonds. The van der Waals surface area contributed by atoms with Gasteiger partial charge in [0.2, 0.25) is 5.95 Å². The van der Waals surface area contributed by atoms with Crippen molar-refractivity contribution in [3.8, 4) is 5.75 Å². The van der Waals surface area contributed by atoms with Gasteiger partial charge < -0.3 is 15.4 Å². The molecule has 0 bridgehead atoms. The minimum absolute atomic E-state index is 0.383. The highest BCUT2D eigenvalue weighted by Crippen LogP contribution is 2.25. The first-order chi connectivity index (χ1) is 11.7. The summed E-state index contributed by atoms with van der Waals surface area (Å²) < 4.78 is 5.21. The molecule has 1 heterocycles. The number of rotatable bonds is 5. The molecule has 0 saturated heterocycles. The first-order valence-corrected chi connectivity index (χ1v) is 7.66. The van der Waals surface area contributed by atoms with E-state index in [9.17, 15) is 0 Å². The molecule has 0 unspecified atom stereocenters. The van der Waals surface area contributed by atoms with E-state index in [2.05, 4.69) is 25.8 Å². The molecule has 3 rings (SSSR count). The van der Waals surface area contributed by atoms with Crippen molar-refractivity contribution >= 4 is 34.7 Å². The van der Waals surface area contributed by atoms with Gasteiger partial charge in [0.1, 0.15) is 5.75 Å². The highest BCUT2D eigenvalue weighted by atomic mass is 35.5. The summed E-state index contributed by atoms with van der Waals surface area (Å²) in [5, 5.41) is 14.9. The summed E-state index contributed by atoms with van der Waals surface area (Å²) in [7, 11) is 1.63. The second-order valence-corrected chi connectivity index (χ2v) is 5.47. The van der Waals surface area contributed by atoms with Crippen LogP contribution in [0.5, 0.6) is 5.75 Å². The van der Waals surface area contributed by atoms with Crippen LogP contribution in [0.2, 0.25) is 5.02 Å². The molecule has 1 aromatic heterocycles. The lowest BCUT2D eigenvalue weighted by Gasteiger charge is -2.10. The molecule has 0 atom stereocenters. The molecule has 0 aliphatic carbocycles. The zero-order valence-corrected chi connectivity index (χ0v) is 14.0. The molecule has 2 N–H and O–H groups in total. The summed E-state index contributed by atoms with van der Waals surface area (Å²) in [5.74, 6) is 1.71. The quantitative estimate of drug-likeness (QED) is 0.719. The van der Waals surface area contributed by atoms with Crippen LogP contribution in [-0.2, 0) is 0 Å². The summed E-state index contributed by atoms with van der Waals surface area (Å²) in [5.41, 5.74) is 2.61. The number of hydrogen-bond acceptors (Lipinski definition) is 6. The lowest BCUT2D eigenvalue weighted by molar-refractivity contribution is 0.415. The maximum absolute atomic E-state index is 6.13. The molecule has 0 spiro atoms. The summed E-state index contributed by atoms with van der Waals surface area (Å²) in [6, 6.07) is 13.2. The van der Waals surface area contributed by atoms with E-state index in [4.69, 9.17) is 16.3 Å². The molecule has 0 aliphatic heterocycles. The number of methoxy groups -OCH3 is 1. The SMILES string of the molecule is COc1cccc(Nc2cnnc(Nc3cccc(Cl)c3C)n2)c1. The molecule has 122 valence electrons. The first-order valence-electron chi connectivity index (χ1n) is 7.28. The van der Waals surface area contributed by atoms with Gasteiger partial charge in [-0.1, -0.05) is 23.7 Å². The van der Waals surface area contributed by atoms with Crippen molar-refractivity contribution in [1.29, 1.82) is 0 Å². The van der Waals surface area contributed by atoms with Gasteiger partial charge in [0, 0.05) is 22.5 Å². The predicted octanol–water partition coefficient (Wildman–Crippen LogP) is 4.33. The van der Waals surface area contributed by atoms with Crippen LogP contribution in [-0.4, -0.2) is 22.3 Å². The van der Waals surface area contributed by atoms with Crippen LogP contribution in [0.3, 0.4) is 0 Å². The van der Waals surface area contributed by atoms with Crippen LogP contribution < -0.4 is 15.4 Å². The molecule has 7 heteroatoms. The Hall–Kier alpha value is -2.86. The lowest BCUT2D eigenvalue weighted by Crippen LogP contribution is -2.03. The molecule has 0 aliphatic rings. The Bertz CT molecular complexity index is 856. The third-order valence-corrected chi connectivity index (χ3v) is 3.82. The van der Waals surface area contributed by atoms with Crippen LogP contribution >= 0.6 is 11.6 Å². The lowest BCUT2D eigenvalue weighted by atomic mass is 10.2. The number of nitrogens with one attached hydrogen (secondary N) is 2. The van der Waals surface area contributed by atoms with Gasteiger partial charge in [-0.2, -0.15) is 10.1 Å². The van der Waals surface area contributed by atoms with Crippen LogP contribution in [0.25, 0.3) is 0 Å². The fraction of sp³-hybridized carbons (Fsp3) is 0.118. The molecule has 24 heavy (non-hydrogen) atoms. The summed E-state index contributed by atoms with van der Waals surface area (Å²) >= 11 is 6.13. The van der Waals surface area contributed by atoms with Gasteiger partial charge in [-0.05, 0) is 36.8 Å². The van der Waals surface area contributed by atoms with Crippen molar-refractivity contribution in [1.82, 2.24) is 15.2 Å². The molecular formula is C17H16ClN5O. The number of halogens is 1. The third kappa shape index (κ3) is 3.72. The number of benzene rings is 2. The first kappa shape index (κ1) is 16.0. The Morgan fingerprint density at radius 1 is 1.08 bits per heavy atom. The van der Waals surface area contributed by atoms with Gasteiger partial charge >= 0.3 is 0 Å². The van der Waals surface area contributed by atoms with Crippen LogP contribution in [0.1, 0.15) is 5.56 Å². The maximum atomic E-state index is 6.13. The zero-order valence-electron chi connectivity index (χ0n) is 13.2. The Morgan fingerprint density at radius 3 is 2.75 bits per heavy atom. The van der Waals surface area contributed by atoms with Crippen LogP contribution in [0, 0.1) is 6.92 Å². The number of hydrogen-bond donors (Lipinski definition) is 2. The molecule has 0 saturated carbocycles. The van der Waals surface area contributed by atoms with Crippen molar-refractivity contribution in [3.63, 3.8) is 0 Å². The average Bonchev–Trinajstić information content (AvgIpc) is 2.59. The number of aromatic nitrogens is 3. The minimum Gasteiger partial charge on any atom is -0.497 e. The third-order valence-electron chi connectivity index (χ3n) is 3.42. The second kappa shape index (κ2) is 7.14. The largest absolute Gasteiger partial charge is 0.497 e. The van der Waals surface area contributed by atoms with Crippen LogP contribution in [0.15, 0.2) is 48.7 Å². The summed E-state index contributed by atoms with van der Waals surface area (Å²) in [4.78, 5) is 4.41. The molecule has 2 aromatic carbocycles. The van der Waals surface area contributed by atoms with Crippen molar-refractivity contribution in [2.45, 2.75) is 6.92 Å². The van der Waals surface area contributed by atoms with E-state index in [1.54, 1.807) is 13.3 Å². The van der Waals surface area contributed by atoms with Gasteiger partial charge in [0.25, 0.3) is 0 Å². The molecule has 0 radical (unpaired) electrons. The van der Waals surface area contributed by atoms with E-state index < -0.39 is 0 Å². The van der Waals surface area contributed by atoms with E-state index in [1.807, 2.05) is 49.4 Å². The highest BCUT2D eigenvalue weighted by Gasteiger charge is 2.06. The fourth-order valence-electron chi connectivity index (χ4n) is 2.13. The fourth-order valence-corrected chi connectivity index (χ4v) is 2.30. The topological polar surface area (TPSA) is 72.0 Å². The Labute approximate surface area is 144 Å². The molecule has 6 nitrogen and oxygen atoms in total. The van der Waals surface area contributed by atoms with E-state index in [1.165, 1.54) is 0 Å². The molecule has 0 fully saturated rings. The van der Waals surface area contributed by atoms with Crippen molar-refractivity contribution in [2.24, 2.45) is 0 Å². The van der Waals surface area contributed by atoms with Gasteiger partial charge in [-0.25, -0.2) is 0 Å². The standard InChI is InChI=1S/C17H16ClN5O/c1-11-14(18)7-4-8-15(11)21-17-22-16(10-19-23-17)20-12-5-3-6-13(9-12)24-2/h3-10H,1-2H3,(H2,20,21,22,23). The summed E-state index contributed by atoms with van der Waals surface area (Å²) in [6.45, 7) is 1.93. The second-order valence-electron chi connectivity index (χ2n) is 5.06. The number of anilines is 4. The molecular weight excluding hydrogens is 326 g/mol. The van der Waals surface area contributed by atoms with E-state index in [0.717, 1.165) is 22.7 Å². The van der Waals surface area contributed by atoms with Gasteiger partial charge in [-0.3, -0.25) is 0 Å². The maximum Gasteiger partial charge on any atom is 0.249 e. The van der Waals surface area contributed by atoms with Gasteiger partial charge in [0.05, 0.1) is 13.3 Å². The van der Waals surface area contributed by atoms with Crippen molar-refractivity contribution in [3.05, 3.63) is 59.2 Å². The smallest absolute Gasteiger partial charge is 0.249 e. The predicted molar refractivity (Wildman–Crippen MR) is 95.6 cm³/mol. The van der Waals surface area contributed by atoms with Crippen molar-refractivity contribution in [2.75, 3.05) is 17.7 Å². The van der Waals surface area contributed by atoms with E-state index in [-0.39, 0.29) is 0 Å². The molecule has 3 aromatic rings. The summed E-state index contributed by atoms with van der Waals surface area (Å²) in [6.07, 6.45) is 1.55. The zero-order chi connectivity index (χ0) is 16.9.